The van der Waals surface area contributed by atoms with Crippen molar-refractivity contribution in [2.24, 2.45) is 7.05 Å². The van der Waals surface area contributed by atoms with Crippen molar-refractivity contribution in [3.05, 3.63) is 78.3 Å². The van der Waals surface area contributed by atoms with Crippen LogP contribution in [0.4, 0.5) is 21.7 Å². The highest BCUT2D eigenvalue weighted by Crippen LogP contribution is 2.37. The predicted molar refractivity (Wildman–Crippen MR) is 144 cm³/mol. The van der Waals surface area contributed by atoms with Gasteiger partial charge in [0.15, 0.2) is 5.82 Å². The van der Waals surface area contributed by atoms with E-state index in [0.29, 0.717) is 54.9 Å². The molecule has 6 rings (SSSR count). The van der Waals surface area contributed by atoms with Crippen molar-refractivity contribution in [2.75, 3.05) is 41.4 Å². The lowest BCUT2D eigenvalue weighted by atomic mass is 10.1. The number of pyridine rings is 1. The third kappa shape index (κ3) is 4.56. The molecule has 0 radical (unpaired) electrons. The molecule has 2 aliphatic rings. The number of nitrogens with one attached hydrogen (secondary N) is 1. The van der Waals surface area contributed by atoms with Crippen molar-refractivity contribution < 1.29 is 18.7 Å². The molecule has 4 aromatic rings. The third-order valence-electron chi connectivity index (χ3n) is 7.17. The maximum absolute atomic E-state index is 13.3. The second-order valence-corrected chi connectivity index (χ2v) is 9.59. The Morgan fingerprint density at radius 3 is 2.67 bits per heavy atom. The molecule has 1 amide bonds. The van der Waals surface area contributed by atoms with Crippen molar-refractivity contribution in [2.45, 2.75) is 13.0 Å². The fourth-order valence-electron chi connectivity index (χ4n) is 5.11. The number of hydrogen-bond donors (Lipinski definition) is 1. The van der Waals surface area contributed by atoms with Gasteiger partial charge >= 0.3 is 0 Å². The lowest BCUT2D eigenvalue weighted by Crippen LogP contribution is -2.57. The molecule has 1 fully saturated rings. The van der Waals surface area contributed by atoms with Crippen molar-refractivity contribution >= 4 is 29.0 Å². The summed E-state index contributed by atoms with van der Waals surface area (Å²) in [6, 6.07) is 12.8. The smallest absolute Gasteiger partial charge is 0.298 e. The normalized spacial score (nSPS) is 16.2. The monoisotopic (exact) mass is 527 g/mol. The van der Waals surface area contributed by atoms with Crippen LogP contribution in [0.3, 0.4) is 0 Å². The molecule has 0 unspecified atom stereocenters. The highest BCUT2D eigenvalue weighted by molar-refractivity contribution is 6.47. The summed E-state index contributed by atoms with van der Waals surface area (Å²) >= 11 is 0. The summed E-state index contributed by atoms with van der Waals surface area (Å²) in [4.78, 5) is 43.2. The first kappa shape index (κ1) is 24.5. The molecule has 5 heterocycles. The van der Waals surface area contributed by atoms with Crippen LogP contribution in [0.25, 0.3) is 11.3 Å². The van der Waals surface area contributed by atoms with E-state index in [2.05, 4.69) is 25.2 Å². The first-order chi connectivity index (χ1) is 18.9. The third-order valence-corrected chi connectivity index (χ3v) is 7.17. The van der Waals surface area contributed by atoms with Gasteiger partial charge in [-0.1, -0.05) is 6.07 Å². The Balaban J connectivity index is 1.18. The molecule has 11 heteroatoms. The Bertz CT molecular complexity index is 1560. The molecule has 0 spiro atoms. The number of carbonyl (C=O) groups excluding carboxylic acids is 2. The van der Waals surface area contributed by atoms with E-state index in [9.17, 15) is 14.0 Å². The summed E-state index contributed by atoms with van der Waals surface area (Å²) in [5.41, 5.74) is 3.74. The first-order valence-electron chi connectivity index (χ1n) is 12.6. The number of ether oxygens (including phenoxy) is 1. The Morgan fingerprint density at radius 1 is 1.08 bits per heavy atom. The molecule has 3 aromatic heterocycles. The molecule has 1 atom stereocenters. The van der Waals surface area contributed by atoms with Crippen molar-refractivity contribution in [3.63, 3.8) is 0 Å². The van der Waals surface area contributed by atoms with Gasteiger partial charge in [-0.3, -0.25) is 14.6 Å². The summed E-state index contributed by atoms with van der Waals surface area (Å²) in [5, 5.41) is 2.73. The van der Waals surface area contributed by atoms with Crippen LogP contribution in [0.5, 0.6) is 5.75 Å². The highest BCUT2D eigenvalue weighted by atomic mass is 19.1. The van der Waals surface area contributed by atoms with Crippen LogP contribution in [-0.2, 0) is 11.8 Å². The summed E-state index contributed by atoms with van der Waals surface area (Å²) < 4.78 is 21.0. The molecule has 2 aliphatic heterocycles. The van der Waals surface area contributed by atoms with Gasteiger partial charge in [-0.05, 0) is 37.3 Å². The van der Waals surface area contributed by atoms with Crippen LogP contribution >= 0.6 is 0 Å². The molecule has 1 aromatic carbocycles. The van der Waals surface area contributed by atoms with E-state index >= 15 is 0 Å². The van der Waals surface area contributed by atoms with Crippen molar-refractivity contribution in [1.29, 1.82) is 0 Å². The summed E-state index contributed by atoms with van der Waals surface area (Å²) in [6.07, 6.45) is 3.99. The van der Waals surface area contributed by atoms with E-state index in [0.717, 1.165) is 11.4 Å². The van der Waals surface area contributed by atoms with Gasteiger partial charge in [-0.15, -0.1) is 0 Å². The highest BCUT2D eigenvalue weighted by Gasteiger charge is 2.34. The number of Topliss-reactive ketones (excluding diaryl/α,β-unsaturated/α-hetero) is 1. The number of anilines is 3. The number of rotatable bonds is 5. The Labute approximate surface area is 224 Å². The Morgan fingerprint density at radius 2 is 1.90 bits per heavy atom. The number of aromatic nitrogens is 4. The average molecular weight is 528 g/mol. The molecule has 0 saturated carbocycles. The summed E-state index contributed by atoms with van der Waals surface area (Å²) in [7, 11) is 1.76. The molecular formula is C28H26FN7O3. The number of benzene rings is 1. The van der Waals surface area contributed by atoms with E-state index in [-0.39, 0.29) is 11.7 Å². The minimum Gasteiger partial charge on any atom is -0.489 e. The standard InChI is InChI=1S/C28H26FN7O3/c1-17-11-21(22-5-3-4-8-30-22)25(34(17)2)26(37)27(38)33-19-6-7-23-24(12-19)39-16-20-15-35(9-10-36(20)23)28-31-13-18(29)14-32-28/h3-8,11-14,20H,9-10,15-16H2,1-2H3,(H,33,38)/t20-/m0/s1. The lowest BCUT2D eigenvalue weighted by molar-refractivity contribution is -0.112. The number of piperazine rings is 1. The number of nitrogens with zero attached hydrogens (tertiary/aromatic N) is 6. The number of hydrogen-bond acceptors (Lipinski definition) is 8. The van der Waals surface area contributed by atoms with Gasteiger partial charge in [-0.25, -0.2) is 14.4 Å². The maximum atomic E-state index is 13.3. The predicted octanol–water partition coefficient (Wildman–Crippen LogP) is 3.23. The largest absolute Gasteiger partial charge is 0.489 e. The zero-order valence-electron chi connectivity index (χ0n) is 21.5. The van der Waals surface area contributed by atoms with E-state index < -0.39 is 17.5 Å². The second kappa shape index (κ2) is 9.82. The molecule has 39 heavy (non-hydrogen) atoms. The van der Waals surface area contributed by atoms with Crippen molar-refractivity contribution in [3.8, 4) is 17.0 Å². The minimum atomic E-state index is -0.741. The fourth-order valence-corrected chi connectivity index (χ4v) is 5.11. The molecule has 0 aliphatic carbocycles. The van der Waals surface area contributed by atoms with Crippen LogP contribution in [0, 0.1) is 12.7 Å². The van der Waals surface area contributed by atoms with Gasteiger partial charge in [0, 0.05) is 55.9 Å². The molecule has 0 bridgehead atoms. The molecule has 198 valence electrons. The van der Waals surface area contributed by atoms with E-state index in [1.807, 2.05) is 36.1 Å². The van der Waals surface area contributed by atoms with E-state index in [1.165, 1.54) is 12.4 Å². The van der Waals surface area contributed by atoms with Crippen LogP contribution in [0.2, 0.25) is 0 Å². The second-order valence-electron chi connectivity index (χ2n) is 9.59. The summed E-state index contributed by atoms with van der Waals surface area (Å²) in [6.45, 7) is 4.31. The van der Waals surface area contributed by atoms with Gasteiger partial charge < -0.3 is 24.4 Å². The molecular weight excluding hydrogens is 501 g/mol. The SMILES string of the molecule is Cc1cc(-c2ccccn2)c(C(=O)C(=O)Nc2ccc3c(c2)OC[C@@H]2CN(c4ncc(F)cn4)CCN32)n1C. The lowest BCUT2D eigenvalue weighted by Gasteiger charge is -2.45. The number of amides is 1. The molecule has 1 N–H and O–H groups in total. The molecule has 10 nitrogen and oxygen atoms in total. The van der Waals surface area contributed by atoms with Crippen LogP contribution in [0.1, 0.15) is 16.2 Å². The Kier molecular flexibility index (Phi) is 6.18. The zero-order chi connectivity index (χ0) is 27.1. The van der Waals surface area contributed by atoms with E-state index in [4.69, 9.17) is 4.74 Å². The van der Waals surface area contributed by atoms with Gasteiger partial charge in [0.2, 0.25) is 5.95 Å². The van der Waals surface area contributed by atoms with Gasteiger partial charge in [-0.2, -0.15) is 0 Å². The topological polar surface area (TPSA) is 105 Å². The van der Waals surface area contributed by atoms with Gasteiger partial charge in [0.05, 0.1) is 29.8 Å². The summed E-state index contributed by atoms with van der Waals surface area (Å²) in [5.74, 6) is -0.737. The average Bonchev–Trinajstić information content (AvgIpc) is 3.26. The van der Waals surface area contributed by atoms with Gasteiger partial charge in [0.25, 0.3) is 11.7 Å². The van der Waals surface area contributed by atoms with Crippen molar-refractivity contribution in [1.82, 2.24) is 19.5 Å². The van der Waals surface area contributed by atoms with Crippen LogP contribution in [0.15, 0.2) is 61.1 Å². The first-order valence-corrected chi connectivity index (χ1v) is 12.6. The maximum Gasteiger partial charge on any atom is 0.298 e. The van der Waals surface area contributed by atoms with Crippen LogP contribution in [-0.4, -0.2) is 63.5 Å². The fraction of sp³-hybridized carbons (Fsp3) is 0.250. The number of carbonyl (C=O) groups is 2. The number of aryl methyl sites for hydroxylation is 1. The van der Waals surface area contributed by atoms with Crippen LogP contribution < -0.4 is 19.9 Å². The van der Waals surface area contributed by atoms with Gasteiger partial charge in [0.1, 0.15) is 18.1 Å². The Hall–Kier alpha value is -4.80. The van der Waals surface area contributed by atoms with E-state index in [1.54, 1.807) is 36.0 Å². The molecule has 1 saturated heterocycles. The number of fused-ring (bicyclic) bond motifs is 3. The number of halogens is 1. The minimum absolute atomic E-state index is 0.0625. The number of ketones is 1. The quantitative estimate of drug-likeness (QED) is 0.312. The zero-order valence-corrected chi connectivity index (χ0v) is 21.5.